The first-order valence-electron chi connectivity index (χ1n) is 9.95. The maximum atomic E-state index is 13.3. The van der Waals surface area contributed by atoms with Crippen LogP contribution in [0.2, 0.25) is 0 Å². The molecule has 4 rings (SSSR count). The minimum Gasteiger partial charge on any atom is -0.322 e. The zero-order valence-corrected chi connectivity index (χ0v) is 18.1. The second kappa shape index (κ2) is 8.98. The first kappa shape index (κ1) is 20.6. The number of rotatable bonds is 5. The molecule has 0 bridgehead atoms. The van der Waals surface area contributed by atoms with Crippen LogP contribution in [0, 0.1) is 13.8 Å². The summed E-state index contributed by atoms with van der Waals surface area (Å²) in [7, 11) is 0. The topological polar surface area (TPSA) is 58.2 Å². The Kier molecular flexibility index (Phi) is 5.96. The molecule has 4 aromatic rings. The molecule has 0 aliphatic carbocycles. The van der Waals surface area contributed by atoms with E-state index in [-0.39, 0.29) is 11.8 Å². The van der Waals surface area contributed by atoms with Gasteiger partial charge < -0.3 is 10.6 Å². The van der Waals surface area contributed by atoms with Crippen molar-refractivity contribution in [2.24, 2.45) is 0 Å². The molecule has 1 heterocycles. The minimum atomic E-state index is -0.258. The van der Waals surface area contributed by atoms with Crippen molar-refractivity contribution in [2.75, 3.05) is 10.6 Å². The summed E-state index contributed by atoms with van der Waals surface area (Å²) in [5, 5.41) is 8.35. The summed E-state index contributed by atoms with van der Waals surface area (Å²) < 4.78 is 0. The fourth-order valence-corrected chi connectivity index (χ4v) is 4.24. The lowest BCUT2D eigenvalue weighted by atomic mass is 10.0. The highest BCUT2D eigenvalue weighted by Gasteiger charge is 2.22. The summed E-state index contributed by atoms with van der Waals surface area (Å²) in [5.74, 6) is -0.506. The number of hydrogen-bond acceptors (Lipinski definition) is 3. The van der Waals surface area contributed by atoms with Crippen LogP contribution in [-0.4, -0.2) is 11.8 Å². The molecular weight excluding hydrogens is 404 g/mol. The van der Waals surface area contributed by atoms with Crippen LogP contribution in [0.25, 0.3) is 11.1 Å². The van der Waals surface area contributed by atoms with E-state index in [0.29, 0.717) is 16.1 Å². The van der Waals surface area contributed by atoms with E-state index in [2.05, 4.69) is 10.6 Å². The first-order valence-corrected chi connectivity index (χ1v) is 10.8. The summed E-state index contributed by atoms with van der Waals surface area (Å²) in [4.78, 5) is 26.1. The fourth-order valence-electron chi connectivity index (χ4n) is 3.28. The number of thiophene rings is 1. The van der Waals surface area contributed by atoms with Gasteiger partial charge in [0, 0.05) is 22.2 Å². The molecule has 4 nitrogen and oxygen atoms in total. The van der Waals surface area contributed by atoms with Gasteiger partial charge in [0.1, 0.15) is 5.00 Å². The van der Waals surface area contributed by atoms with Crippen molar-refractivity contribution in [1.29, 1.82) is 0 Å². The smallest absolute Gasteiger partial charge is 0.259 e. The third-order valence-corrected chi connectivity index (χ3v) is 6.03. The molecule has 0 atom stereocenters. The lowest BCUT2D eigenvalue weighted by Gasteiger charge is -2.11. The van der Waals surface area contributed by atoms with Gasteiger partial charge in [-0.3, -0.25) is 9.59 Å². The maximum Gasteiger partial charge on any atom is 0.259 e. The Morgan fingerprint density at radius 1 is 0.742 bits per heavy atom. The van der Waals surface area contributed by atoms with Gasteiger partial charge in [0.15, 0.2) is 0 Å². The molecule has 0 saturated heterocycles. The Balaban J connectivity index is 1.70. The monoisotopic (exact) mass is 426 g/mol. The van der Waals surface area contributed by atoms with Gasteiger partial charge in [-0.15, -0.1) is 11.3 Å². The zero-order valence-electron chi connectivity index (χ0n) is 17.3. The lowest BCUT2D eigenvalue weighted by Crippen LogP contribution is -2.17. The largest absolute Gasteiger partial charge is 0.322 e. The Labute approximate surface area is 185 Å². The lowest BCUT2D eigenvalue weighted by molar-refractivity contribution is 0.102. The van der Waals surface area contributed by atoms with E-state index in [9.17, 15) is 9.59 Å². The molecule has 1 aromatic heterocycles. The van der Waals surface area contributed by atoms with Crippen LogP contribution in [0.15, 0.2) is 84.2 Å². The van der Waals surface area contributed by atoms with E-state index >= 15 is 0 Å². The van der Waals surface area contributed by atoms with Gasteiger partial charge in [0.2, 0.25) is 0 Å². The highest BCUT2D eigenvalue weighted by Crippen LogP contribution is 2.36. The molecule has 31 heavy (non-hydrogen) atoms. The van der Waals surface area contributed by atoms with Gasteiger partial charge >= 0.3 is 0 Å². The van der Waals surface area contributed by atoms with E-state index < -0.39 is 0 Å². The molecule has 0 unspecified atom stereocenters. The van der Waals surface area contributed by atoms with Crippen LogP contribution in [0.1, 0.15) is 31.8 Å². The van der Waals surface area contributed by atoms with E-state index in [1.165, 1.54) is 11.3 Å². The Hall–Kier alpha value is -3.70. The summed E-state index contributed by atoms with van der Waals surface area (Å²) in [6.07, 6.45) is 0. The minimum absolute atomic E-state index is 0.248. The van der Waals surface area contributed by atoms with Gasteiger partial charge in [-0.25, -0.2) is 0 Å². The average Bonchev–Trinajstić information content (AvgIpc) is 3.21. The zero-order chi connectivity index (χ0) is 21.8. The predicted molar refractivity (Wildman–Crippen MR) is 128 cm³/mol. The second-order valence-electron chi connectivity index (χ2n) is 7.29. The third kappa shape index (κ3) is 4.57. The van der Waals surface area contributed by atoms with Gasteiger partial charge in [0.25, 0.3) is 11.8 Å². The highest BCUT2D eigenvalue weighted by molar-refractivity contribution is 7.15. The molecule has 0 saturated carbocycles. The molecule has 0 fully saturated rings. The Morgan fingerprint density at radius 3 is 2.10 bits per heavy atom. The van der Waals surface area contributed by atoms with Crippen LogP contribution in [0.4, 0.5) is 10.7 Å². The number of anilines is 2. The Bertz CT molecular complexity index is 1230. The van der Waals surface area contributed by atoms with Gasteiger partial charge in [0.05, 0.1) is 5.56 Å². The number of nitrogens with one attached hydrogen (secondary N) is 2. The van der Waals surface area contributed by atoms with Crippen molar-refractivity contribution in [3.8, 4) is 11.1 Å². The summed E-state index contributed by atoms with van der Waals surface area (Å²) in [5.41, 5.74) is 5.69. The van der Waals surface area contributed by atoms with Gasteiger partial charge in [-0.1, -0.05) is 54.6 Å². The van der Waals surface area contributed by atoms with Crippen molar-refractivity contribution in [3.05, 3.63) is 106 Å². The quantitative estimate of drug-likeness (QED) is 0.381. The normalized spacial score (nSPS) is 10.5. The van der Waals surface area contributed by atoms with Crippen LogP contribution in [-0.2, 0) is 0 Å². The number of carbonyl (C=O) groups is 2. The van der Waals surface area contributed by atoms with E-state index in [4.69, 9.17) is 0 Å². The van der Waals surface area contributed by atoms with Gasteiger partial charge in [-0.05, 0) is 54.8 Å². The van der Waals surface area contributed by atoms with E-state index in [1.807, 2.05) is 86.0 Å². The number of aryl methyl sites for hydroxylation is 2. The molecule has 154 valence electrons. The molecule has 5 heteroatoms. The van der Waals surface area contributed by atoms with Crippen molar-refractivity contribution in [3.63, 3.8) is 0 Å². The van der Waals surface area contributed by atoms with Crippen molar-refractivity contribution in [2.45, 2.75) is 13.8 Å². The molecule has 2 amide bonds. The van der Waals surface area contributed by atoms with Crippen molar-refractivity contribution < 1.29 is 9.59 Å². The standard InChI is InChI=1S/C26H22N2O2S/c1-17-13-14-21(15-18(17)2)27-25(30)23-22(19-9-5-3-6-10-19)16-31-26(23)28-24(29)20-11-7-4-8-12-20/h3-16H,1-2H3,(H,27,30)(H,28,29). The molecule has 0 aliphatic heterocycles. The first-order chi connectivity index (χ1) is 15.0. The van der Waals surface area contributed by atoms with Crippen LogP contribution in [0.3, 0.4) is 0 Å². The summed E-state index contributed by atoms with van der Waals surface area (Å²) in [6.45, 7) is 4.04. The summed E-state index contributed by atoms with van der Waals surface area (Å²) >= 11 is 1.35. The van der Waals surface area contributed by atoms with Crippen molar-refractivity contribution >= 4 is 33.8 Å². The molecule has 3 aromatic carbocycles. The van der Waals surface area contributed by atoms with E-state index in [1.54, 1.807) is 12.1 Å². The summed E-state index contributed by atoms with van der Waals surface area (Å²) in [6, 6.07) is 24.5. The van der Waals surface area contributed by atoms with Crippen LogP contribution < -0.4 is 10.6 Å². The maximum absolute atomic E-state index is 13.3. The molecule has 0 spiro atoms. The second-order valence-corrected chi connectivity index (χ2v) is 8.17. The third-order valence-electron chi connectivity index (χ3n) is 5.13. The van der Waals surface area contributed by atoms with Gasteiger partial charge in [-0.2, -0.15) is 0 Å². The predicted octanol–water partition coefficient (Wildman–Crippen LogP) is 6.54. The number of hydrogen-bond donors (Lipinski definition) is 2. The average molecular weight is 427 g/mol. The van der Waals surface area contributed by atoms with Crippen LogP contribution in [0.5, 0.6) is 0 Å². The number of amides is 2. The number of carbonyl (C=O) groups excluding carboxylic acids is 2. The van der Waals surface area contributed by atoms with Crippen molar-refractivity contribution in [1.82, 2.24) is 0 Å². The molecule has 0 radical (unpaired) electrons. The molecule has 2 N–H and O–H groups in total. The fraction of sp³-hybridized carbons (Fsp3) is 0.0769. The molecule has 0 aliphatic rings. The Morgan fingerprint density at radius 2 is 1.42 bits per heavy atom. The molecular formula is C26H22N2O2S. The van der Waals surface area contributed by atoms with E-state index in [0.717, 1.165) is 27.9 Å². The number of benzene rings is 3. The highest BCUT2D eigenvalue weighted by atomic mass is 32.1. The van der Waals surface area contributed by atoms with Crippen LogP contribution >= 0.6 is 11.3 Å². The SMILES string of the molecule is Cc1ccc(NC(=O)c2c(-c3ccccc3)csc2NC(=O)c2ccccc2)cc1C.